The zero-order valence-corrected chi connectivity index (χ0v) is 13.6. The molecule has 2 heterocycles. The van der Waals surface area contributed by atoms with Crippen LogP contribution in [0.4, 0.5) is 10.3 Å². The van der Waals surface area contributed by atoms with Crippen molar-refractivity contribution in [2.75, 3.05) is 14.1 Å². The molecule has 0 aliphatic carbocycles. The molecule has 1 aromatic carbocycles. The number of nitrogens with one attached hydrogen (secondary N) is 1. The van der Waals surface area contributed by atoms with Gasteiger partial charge < -0.3 is 9.64 Å². The number of aromatic amines is 1. The second-order valence-corrected chi connectivity index (χ2v) is 5.48. The Balaban J connectivity index is 1.90. The number of aliphatic imine (C=N–C) groups is 1. The maximum absolute atomic E-state index is 13.3. The summed E-state index contributed by atoms with van der Waals surface area (Å²) in [6.45, 7) is 1.87. The Morgan fingerprint density at radius 1 is 1.38 bits per heavy atom. The van der Waals surface area contributed by atoms with Crippen LogP contribution in [0.1, 0.15) is 18.7 Å². The van der Waals surface area contributed by atoms with E-state index in [1.54, 1.807) is 29.2 Å². The lowest BCUT2D eigenvalue weighted by molar-refractivity contribution is -0.591. The van der Waals surface area contributed by atoms with Gasteiger partial charge in [-0.25, -0.2) is 4.39 Å². The summed E-state index contributed by atoms with van der Waals surface area (Å²) in [6.07, 6.45) is 2.95. The van der Waals surface area contributed by atoms with Crippen LogP contribution in [0.3, 0.4) is 0 Å². The van der Waals surface area contributed by atoms with Crippen LogP contribution >= 0.6 is 0 Å². The van der Waals surface area contributed by atoms with Crippen LogP contribution in [0.5, 0.6) is 5.75 Å². The third kappa shape index (κ3) is 3.48. The average Bonchev–Trinajstić information content (AvgIpc) is 2.95. The maximum atomic E-state index is 13.3. The Morgan fingerprint density at radius 2 is 2.21 bits per heavy atom. The van der Waals surface area contributed by atoms with Crippen LogP contribution < -0.4 is 9.25 Å². The van der Waals surface area contributed by atoms with E-state index >= 15 is 0 Å². The molecular weight excluding hydrogens is 311 g/mol. The van der Waals surface area contributed by atoms with Crippen LogP contribution in [0.25, 0.3) is 5.78 Å². The first-order valence-electron chi connectivity index (χ1n) is 7.42. The van der Waals surface area contributed by atoms with Gasteiger partial charge in [0.1, 0.15) is 23.5 Å². The molecule has 3 rings (SSSR count). The Kier molecular flexibility index (Phi) is 4.37. The molecule has 0 saturated heterocycles. The molecule has 2 aromatic heterocycles. The largest absolute Gasteiger partial charge is 0.483 e. The lowest BCUT2D eigenvalue weighted by atomic mass is 10.2. The van der Waals surface area contributed by atoms with E-state index in [0.717, 1.165) is 5.69 Å². The van der Waals surface area contributed by atoms with Crippen molar-refractivity contribution in [3.8, 4) is 5.75 Å². The molecule has 0 fully saturated rings. The van der Waals surface area contributed by atoms with E-state index in [9.17, 15) is 4.39 Å². The highest BCUT2D eigenvalue weighted by molar-refractivity contribution is 5.57. The Bertz CT molecular complexity index is 876. The van der Waals surface area contributed by atoms with E-state index in [-0.39, 0.29) is 11.9 Å². The standard InChI is InChI=1S/C16H17FN6O/c1-11(24-13-6-4-5-12(17)9-13)14-7-8-18-16-20-15(21-23(14)16)19-10-22(2)3/h4-11H,1-3H3/p+1/t11-/m0/s1. The number of hydrogen-bond donors (Lipinski definition) is 1. The van der Waals surface area contributed by atoms with E-state index < -0.39 is 0 Å². The summed E-state index contributed by atoms with van der Waals surface area (Å²) in [5.41, 5.74) is 0.795. The van der Waals surface area contributed by atoms with Crippen LogP contribution in [-0.2, 0) is 0 Å². The number of rotatable bonds is 5. The predicted octanol–water partition coefficient (Wildman–Crippen LogP) is 2.04. The number of hydrogen-bond acceptors (Lipinski definition) is 4. The third-order valence-electron chi connectivity index (χ3n) is 3.25. The van der Waals surface area contributed by atoms with Crippen molar-refractivity contribution in [3.63, 3.8) is 0 Å². The topological polar surface area (TPSA) is 70.5 Å². The summed E-state index contributed by atoms with van der Waals surface area (Å²) in [6, 6.07) is 7.86. The van der Waals surface area contributed by atoms with Crippen LogP contribution in [0.15, 0.2) is 41.5 Å². The first-order valence-corrected chi connectivity index (χ1v) is 7.42. The van der Waals surface area contributed by atoms with Crippen molar-refractivity contribution in [3.05, 3.63) is 48.0 Å². The second-order valence-electron chi connectivity index (χ2n) is 5.48. The third-order valence-corrected chi connectivity index (χ3v) is 3.25. The minimum Gasteiger partial charge on any atom is -0.483 e. The number of nitrogens with zero attached hydrogens (tertiary/aromatic N) is 5. The van der Waals surface area contributed by atoms with Crippen molar-refractivity contribution < 1.29 is 13.6 Å². The number of aromatic nitrogens is 4. The van der Waals surface area contributed by atoms with Crippen LogP contribution in [0, 0.1) is 5.82 Å². The molecule has 0 aliphatic rings. The second kappa shape index (κ2) is 6.61. The molecule has 24 heavy (non-hydrogen) atoms. The monoisotopic (exact) mass is 329 g/mol. The average molecular weight is 329 g/mol. The zero-order valence-electron chi connectivity index (χ0n) is 13.6. The predicted molar refractivity (Wildman–Crippen MR) is 86.8 cm³/mol. The van der Waals surface area contributed by atoms with Crippen molar-refractivity contribution in [1.29, 1.82) is 0 Å². The van der Waals surface area contributed by atoms with Gasteiger partial charge in [0, 0.05) is 26.2 Å². The first-order chi connectivity index (χ1) is 11.5. The van der Waals surface area contributed by atoms with Gasteiger partial charge in [-0.15, -0.1) is 4.52 Å². The highest BCUT2D eigenvalue weighted by atomic mass is 19.1. The van der Waals surface area contributed by atoms with Gasteiger partial charge in [-0.2, -0.15) is 10.1 Å². The van der Waals surface area contributed by atoms with Crippen LogP contribution in [-0.4, -0.2) is 40.4 Å². The smallest absolute Gasteiger partial charge is 0.459 e. The maximum Gasteiger partial charge on any atom is 0.459 e. The molecule has 0 bridgehead atoms. The number of ether oxygens (including phenoxy) is 1. The lowest BCUT2D eigenvalue weighted by Gasteiger charge is -2.13. The molecule has 0 unspecified atom stereocenters. The SMILES string of the molecule is C[C@H](Oc1cccc(F)c1)c1ccnc2nc(N=CN(C)C)[nH][n+]12. The molecular formula is C16H18FN6O+. The Morgan fingerprint density at radius 3 is 2.96 bits per heavy atom. The molecule has 1 atom stereocenters. The van der Waals surface area contributed by atoms with Gasteiger partial charge in [0.15, 0.2) is 6.10 Å². The van der Waals surface area contributed by atoms with E-state index in [4.69, 9.17) is 4.74 Å². The fraction of sp³-hybridized carbons (Fsp3) is 0.250. The molecule has 124 valence electrons. The van der Waals surface area contributed by atoms with E-state index in [2.05, 4.69) is 20.1 Å². The van der Waals surface area contributed by atoms with Crippen LogP contribution in [0.2, 0.25) is 0 Å². The number of H-pyrrole nitrogens is 1. The summed E-state index contributed by atoms with van der Waals surface area (Å²) in [5.74, 6) is 1.03. The molecule has 0 amide bonds. The van der Waals surface area contributed by atoms with Gasteiger partial charge >= 0.3 is 11.7 Å². The number of halogens is 1. The molecule has 8 heteroatoms. The summed E-state index contributed by atoms with van der Waals surface area (Å²) < 4.78 is 20.8. The van der Waals surface area contributed by atoms with Gasteiger partial charge in [-0.3, -0.25) is 0 Å². The van der Waals surface area contributed by atoms with Gasteiger partial charge in [0.25, 0.3) is 0 Å². The summed E-state index contributed by atoms with van der Waals surface area (Å²) in [4.78, 5) is 14.5. The van der Waals surface area contributed by atoms with E-state index in [1.165, 1.54) is 12.1 Å². The first kappa shape index (κ1) is 15.9. The van der Waals surface area contributed by atoms with Gasteiger partial charge in [0.2, 0.25) is 0 Å². The normalized spacial score (nSPS) is 12.7. The fourth-order valence-electron chi connectivity index (χ4n) is 2.19. The highest BCUT2D eigenvalue weighted by Gasteiger charge is 2.20. The van der Waals surface area contributed by atoms with Crippen molar-refractivity contribution in [2.24, 2.45) is 4.99 Å². The summed E-state index contributed by atoms with van der Waals surface area (Å²) in [7, 11) is 3.75. The lowest BCUT2D eigenvalue weighted by Crippen LogP contribution is -2.32. The van der Waals surface area contributed by atoms with Crippen molar-refractivity contribution >= 4 is 18.1 Å². The van der Waals surface area contributed by atoms with E-state index in [0.29, 0.717) is 17.5 Å². The molecule has 3 aromatic rings. The molecule has 0 radical (unpaired) electrons. The minimum atomic E-state index is -0.339. The molecule has 0 spiro atoms. The van der Waals surface area contributed by atoms with Gasteiger partial charge in [-0.1, -0.05) is 11.1 Å². The quantitative estimate of drug-likeness (QED) is 0.442. The molecule has 1 N–H and O–H groups in total. The number of benzene rings is 1. The summed E-state index contributed by atoms with van der Waals surface area (Å²) >= 11 is 0. The Hall–Kier alpha value is -3.03. The fourth-order valence-corrected chi connectivity index (χ4v) is 2.19. The van der Waals surface area contributed by atoms with Gasteiger partial charge in [0.05, 0.1) is 6.34 Å². The van der Waals surface area contributed by atoms with Crippen molar-refractivity contribution in [2.45, 2.75) is 13.0 Å². The number of fused-ring (bicyclic) bond motifs is 1. The molecule has 0 aliphatic heterocycles. The summed E-state index contributed by atoms with van der Waals surface area (Å²) in [5, 5.41) is 3.06. The minimum absolute atomic E-state index is 0.339. The van der Waals surface area contributed by atoms with E-state index in [1.807, 2.05) is 32.0 Å². The highest BCUT2D eigenvalue weighted by Crippen LogP contribution is 2.20. The van der Waals surface area contributed by atoms with Gasteiger partial charge in [-0.05, 0) is 24.0 Å². The zero-order chi connectivity index (χ0) is 17.1. The molecule has 0 saturated carbocycles. The molecule has 7 nitrogen and oxygen atoms in total. The van der Waals surface area contributed by atoms with Crippen molar-refractivity contribution in [1.82, 2.24) is 20.0 Å². The Labute approximate surface area is 138 Å².